The van der Waals surface area contributed by atoms with Gasteiger partial charge in [0.05, 0.1) is 11.4 Å². The fourth-order valence-electron chi connectivity index (χ4n) is 1.69. The van der Waals surface area contributed by atoms with Crippen LogP contribution in [0.3, 0.4) is 0 Å². The number of nitrogens with zero attached hydrogens (tertiary/aromatic N) is 1. The van der Waals surface area contributed by atoms with E-state index in [-0.39, 0.29) is 16.8 Å². The first kappa shape index (κ1) is 10.3. The zero-order chi connectivity index (χ0) is 11.0. The van der Waals surface area contributed by atoms with Crippen molar-refractivity contribution in [2.24, 2.45) is 0 Å². The van der Waals surface area contributed by atoms with E-state index in [4.69, 9.17) is 5.73 Å². The number of rotatable bonds is 1. The summed E-state index contributed by atoms with van der Waals surface area (Å²) in [5.41, 5.74) is 6.50. The van der Waals surface area contributed by atoms with Crippen molar-refractivity contribution in [2.45, 2.75) is 11.7 Å². The number of halogens is 1. The molecule has 2 rings (SSSR count). The van der Waals surface area contributed by atoms with Gasteiger partial charge >= 0.3 is 0 Å². The van der Waals surface area contributed by atoms with Crippen LogP contribution in [0, 0.1) is 5.82 Å². The zero-order valence-electron chi connectivity index (χ0n) is 7.98. The van der Waals surface area contributed by atoms with Crippen LogP contribution in [-0.2, 0) is 4.79 Å². The van der Waals surface area contributed by atoms with E-state index in [1.165, 1.54) is 18.2 Å². The molecule has 1 saturated heterocycles. The molecule has 1 unspecified atom stereocenters. The molecule has 80 valence electrons. The lowest BCUT2D eigenvalue weighted by atomic mass is 10.2. The van der Waals surface area contributed by atoms with Crippen molar-refractivity contribution in [3.63, 3.8) is 0 Å². The van der Waals surface area contributed by atoms with E-state index in [2.05, 4.69) is 12.6 Å². The highest BCUT2D eigenvalue weighted by atomic mass is 32.1. The second-order valence-corrected chi connectivity index (χ2v) is 4.30. The Kier molecular flexibility index (Phi) is 2.56. The number of amides is 1. The average molecular weight is 226 g/mol. The molecule has 15 heavy (non-hydrogen) atoms. The molecule has 0 aromatic heterocycles. The first-order valence-electron chi connectivity index (χ1n) is 4.61. The minimum Gasteiger partial charge on any atom is -0.397 e. The molecule has 0 aliphatic carbocycles. The number of carbonyl (C=O) groups excluding carboxylic acids is 1. The standard InChI is InChI=1S/C10H11FN2OS/c11-6-1-2-9(8(12)3-6)13-5-7(15)4-10(13)14/h1-3,7,15H,4-5,12H2. The molecule has 5 heteroatoms. The topological polar surface area (TPSA) is 46.3 Å². The quantitative estimate of drug-likeness (QED) is 0.562. The van der Waals surface area contributed by atoms with Crippen LogP contribution in [0.1, 0.15) is 6.42 Å². The number of thiol groups is 1. The molecule has 1 aromatic carbocycles. The fraction of sp³-hybridized carbons (Fsp3) is 0.300. The SMILES string of the molecule is Nc1cc(F)ccc1N1CC(S)CC1=O. The summed E-state index contributed by atoms with van der Waals surface area (Å²) in [7, 11) is 0. The maximum atomic E-state index is 12.8. The Labute approximate surface area is 92.5 Å². The Morgan fingerprint density at radius 3 is 2.80 bits per heavy atom. The van der Waals surface area contributed by atoms with Gasteiger partial charge in [-0.05, 0) is 18.2 Å². The molecule has 3 nitrogen and oxygen atoms in total. The summed E-state index contributed by atoms with van der Waals surface area (Å²) in [5, 5.41) is 0.0296. The summed E-state index contributed by atoms with van der Waals surface area (Å²) < 4.78 is 12.8. The van der Waals surface area contributed by atoms with Crippen LogP contribution in [0.5, 0.6) is 0 Å². The molecule has 1 aliphatic heterocycles. The lowest BCUT2D eigenvalue weighted by Crippen LogP contribution is -2.25. The molecule has 0 bridgehead atoms. The van der Waals surface area contributed by atoms with Crippen LogP contribution >= 0.6 is 12.6 Å². The predicted molar refractivity (Wildman–Crippen MR) is 60.6 cm³/mol. The molecule has 0 saturated carbocycles. The fourth-order valence-corrected chi connectivity index (χ4v) is 2.01. The van der Waals surface area contributed by atoms with Gasteiger partial charge in [0.1, 0.15) is 5.82 Å². The van der Waals surface area contributed by atoms with Crippen LogP contribution in [0.2, 0.25) is 0 Å². The van der Waals surface area contributed by atoms with Gasteiger partial charge in [0.15, 0.2) is 0 Å². The predicted octanol–water partition coefficient (Wildman–Crippen LogP) is 1.44. The van der Waals surface area contributed by atoms with Crippen molar-refractivity contribution in [2.75, 3.05) is 17.2 Å². The number of nitrogen functional groups attached to an aromatic ring is 1. The molecule has 1 amide bonds. The van der Waals surface area contributed by atoms with E-state index in [1.54, 1.807) is 4.90 Å². The summed E-state index contributed by atoms with van der Waals surface area (Å²) in [4.78, 5) is 13.1. The van der Waals surface area contributed by atoms with Crippen molar-refractivity contribution in [3.05, 3.63) is 24.0 Å². The van der Waals surface area contributed by atoms with Gasteiger partial charge in [-0.15, -0.1) is 0 Å². The average Bonchev–Trinajstić information content (AvgIpc) is 2.45. The molecular formula is C10H11FN2OS. The number of carbonyl (C=O) groups is 1. The van der Waals surface area contributed by atoms with Crippen LogP contribution < -0.4 is 10.6 Å². The van der Waals surface area contributed by atoms with E-state index in [1.807, 2.05) is 0 Å². The molecule has 0 spiro atoms. The summed E-state index contributed by atoms with van der Waals surface area (Å²) in [6.07, 6.45) is 0.403. The van der Waals surface area contributed by atoms with Gasteiger partial charge in [-0.3, -0.25) is 4.79 Å². The van der Waals surface area contributed by atoms with Crippen molar-refractivity contribution in [3.8, 4) is 0 Å². The van der Waals surface area contributed by atoms with Gasteiger partial charge in [-0.2, -0.15) is 12.6 Å². The van der Waals surface area contributed by atoms with E-state index in [9.17, 15) is 9.18 Å². The molecule has 2 N–H and O–H groups in total. The molecule has 1 aromatic rings. The smallest absolute Gasteiger partial charge is 0.228 e. The van der Waals surface area contributed by atoms with Gasteiger partial charge in [0.25, 0.3) is 0 Å². The number of hydrogen-bond donors (Lipinski definition) is 2. The van der Waals surface area contributed by atoms with Gasteiger partial charge < -0.3 is 10.6 Å². The Hall–Kier alpha value is -1.23. The summed E-state index contributed by atoms with van der Waals surface area (Å²) in [5.74, 6) is -0.418. The summed E-state index contributed by atoms with van der Waals surface area (Å²) in [6, 6.07) is 4.04. The summed E-state index contributed by atoms with van der Waals surface area (Å²) in [6.45, 7) is 0.526. The van der Waals surface area contributed by atoms with Gasteiger partial charge in [-0.1, -0.05) is 0 Å². The van der Waals surface area contributed by atoms with Crippen LogP contribution in [0.4, 0.5) is 15.8 Å². The maximum Gasteiger partial charge on any atom is 0.228 e. The number of nitrogens with two attached hydrogens (primary N) is 1. The Morgan fingerprint density at radius 2 is 2.27 bits per heavy atom. The van der Waals surface area contributed by atoms with Crippen molar-refractivity contribution >= 4 is 29.9 Å². The highest BCUT2D eigenvalue weighted by Gasteiger charge is 2.29. The summed E-state index contributed by atoms with van der Waals surface area (Å²) >= 11 is 4.24. The Morgan fingerprint density at radius 1 is 1.53 bits per heavy atom. The third kappa shape index (κ3) is 1.92. The van der Waals surface area contributed by atoms with E-state index in [0.29, 0.717) is 18.7 Å². The van der Waals surface area contributed by atoms with Crippen LogP contribution in [0.15, 0.2) is 18.2 Å². The Balaban J connectivity index is 2.34. The minimum absolute atomic E-state index is 0.0201. The molecule has 1 aliphatic rings. The van der Waals surface area contributed by atoms with Crippen molar-refractivity contribution in [1.29, 1.82) is 0 Å². The lowest BCUT2D eigenvalue weighted by Gasteiger charge is -2.17. The van der Waals surface area contributed by atoms with Crippen LogP contribution in [-0.4, -0.2) is 17.7 Å². The molecule has 1 heterocycles. The highest BCUT2D eigenvalue weighted by Crippen LogP contribution is 2.29. The molecular weight excluding hydrogens is 215 g/mol. The van der Waals surface area contributed by atoms with Crippen molar-refractivity contribution < 1.29 is 9.18 Å². The lowest BCUT2D eigenvalue weighted by molar-refractivity contribution is -0.117. The first-order valence-corrected chi connectivity index (χ1v) is 5.13. The van der Waals surface area contributed by atoms with Gasteiger partial charge in [-0.25, -0.2) is 4.39 Å². The number of hydrogen-bond acceptors (Lipinski definition) is 3. The molecule has 0 radical (unpaired) electrons. The van der Waals surface area contributed by atoms with Crippen LogP contribution in [0.25, 0.3) is 0 Å². The zero-order valence-corrected chi connectivity index (χ0v) is 8.88. The second-order valence-electron chi connectivity index (χ2n) is 3.57. The minimum atomic E-state index is -0.398. The van der Waals surface area contributed by atoms with E-state index in [0.717, 1.165) is 0 Å². The number of benzene rings is 1. The Bertz CT molecular complexity index is 410. The third-order valence-corrected chi connectivity index (χ3v) is 2.73. The maximum absolute atomic E-state index is 12.8. The third-order valence-electron chi connectivity index (χ3n) is 2.38. The monoisotopic (exact) mass is 226 g/mol. The largest absolute Gasteiger partial charge is 0.397 e. The van der Waals surface area contributed by atoms with Crippen molar-refractivity contribution in [1.82, 2.24) is 0 Å². The van der Waals surface area contributed by atoms with Gasteiger partial charge in [0, 0.05) is 18.2 Å². The van der Waals surface area contributed by atoms with E-state index >= 15 is 0 Å². The second kappa shape index (κ2) is 3.73. The highest BCUT2D eigenvalue weighted by molar-refractivity contribution is 7.81. The molecule has 1 fully saturated rings. The molecule has 1 atom stereocenters. The normalized spacial score (nSPS) is 21.1. The van der Waals surface area contributed by atoms with E-state index < -0.39 is 5.82 Å². The van der Waals surface area contributed by atoms with Gasteiger partial charge in [0.2, 0.25) is 5.91 Å². The number of anilines is 2. The first-order chi connectivity index (χ1) is 7.08.